The van der Waals surface area contributed by atoms with E-state index in [0.29, 0.717) is 6.04 Å². The lowest BCUT2D eigenvalue weighted by Crippen LogP contribution is -2.69. The first-order valence-corrected chi connectivity index (χ1v) is 22.7. The standard InChI is InChI=1S/C40H51NO16Si/c1-22(42)51-21-30-34(52-23(2)43)35(53-24(3)44)36(54-25(4)45)40(56-30)57-33-29(20-49-19-26-13-9-8-10-14-26)55-39(50-17-18-58(5,6)7)31(32(33)46)41-37(47)27-15-11-12-16-28(27)38(41)48/h8-16,29-36,39-40,46H,17-21H2,1-7H3/t29-,30-,31-,32-,33-,34+,35+,36-,39-,40+/m1/s1. The molecule has 2 fully saturated rings. The Morgan fingerprint density at radius 1 is 0.690 bits per heavy atom. The van der Waals surface area contributed by atoms with Crippen LogP contribution in [0, 0.1) is 0 Å². The number of nitrogens with zero attached hydrogens (tertiary/aromatic N) is 1. The van der Waals surface area contributed by atoms with Crippen molar-refractivity contribution in [3.8, 4) is 0 Å². The van der Waals surface area contributed by atoms with Gasteiger partial charge in [0.05, 0.1) is 24.3 Å². The van der Waals surface area contributed by atoms with Crippen LogP contribution in [0.15, 0.2) is 54.6 Å². The third kappa shape index (κ3) is 11.1. The fraction of sp³-hybridized carbons (Fsp3) is 0.550. The Hall–Kier alpha value is -4.56. The zero-order valence-electron chi connectivity index (χ0n) is 33.5. The zero-order valence-corrected chi connectivity index (χ0v) is 34.5. The number of ether oxygens (including phenoxy) is 9. The molecule has 0 aliphatic carbocycles. The molecule has 58 heavy (non-hydrogen) atoms. The van der Waals surface area contributed by atoms with Crippen LogP contribution in [-0.4, -0.2) is 135 Å². The monoisotopic (exact) mass is 829 g/mol. The van der Waals surface area contributed by atoms with Crippen LogP contribution in [0.5, 0.6) is 0 Å². The van der Waals surface area contributed by atoms with Gasteiger partial charge in [-0.25, -0.2) is 0 Å². The lowest BCUT2D eigenvalue weighted by Gasteiger charge is -2.49. The van der Waals surface area contributed by atoms with Crippen LogP contribution < -0.4 is 0 Å². The van der Waals surface area contributed by atoms with Crippen LogP contribution in [0.3, 0.4) is 0 Å². The molecule has 316 valence electrons. The van der Waals surface area contributed by atoms with Crippen molar-refractivity contribution in [1.82, 2.24) is 4.90 Å². The number of esters is 4. The minimum atomic E-state index is -1.77. The van der Waals surface area contributed by atoms with Gasteiger partial charge in [-0.1, -0.05) is 62.1 Å². The van der Waals surface area contributed by atoms with E-state index in [2.05, 4.69) is 19.6 Å². The number of carbonyl (C=O) groups is 6. The van der Waals surface area contributed by atoms with E-state index in [1.165, 1.54) is 12.1 Å². The molecule has 3 heterocycles. The van der Waals surface area contributed by atoms with Crippen LogP contribution in [0.2, 0.25) is 25.7 Å². The van der Waals surface area contributed by atoms with Gasteiger partial charge in [0, 0.05) is 42.4 Å². The third-order valence-corrected chi connectivity index (χ3v) is 11.2. The van der Waals surface area contributed by atoms with Gasteiger partial charge < -0.3 is 47.7 Å². The molecule has 5 rings (SSSR count). The molecule has 17 nitrogen and oxygen atoms in total. The minimum absolute atomic E-state index is 0.117. The molecule has 3 aliphatic rings. The number of aliphatic hydroxyl groups is 1. The van der Waals surface area contributed by atoms with Crippen molar-refractivity contribution < 1.29 is 76.5 Å². The summed E-state index contributed by atoms with van der Waals surface area (Å²) in [4.78, 5) is 78.1. The maximum absolute atomic E-state index is 14.0. The van der Waals surface area contributed by atoms with E-state index in [-0.39, 0.29) is 30.9 Å². The Balaban J connectivity index is 1.57. The highest BCUT2D eigenvalue weighted by Crippen LogP contribution is 2.37. The summed E-state index contributed by atoms with van der Waals surface area (Å²) in [5.74, 6) is -4.67. The van der Waals surface area contributed by atoms with Gasteiger partial charge in [-0.3, -0.25) is 33.7 Å². The Labute approximate surface area is 337 Å². The second-order valence-electron chi connectivity index (χ2n) is 15.4. The second kappa shape index (κ2) is 19.5. The van der Waals surface area contributed by atoms with Gasteiger partial charge in [0.15, 0.2) is 30.9 Å². The number of rotatable bonds is 16. The zero-order chi connectivity index (χ0) is 42.3. The molecule has 3 aliphatic heterocycles. The summed E-state index contributed by atoms with van der Waals surface area (Å²) in [6, 6.07) is 14.6. The molecule has 2 aromatic carbocycles. The summed E-state index contributed by atoms with van der Waals surface area (Å²) in [7, 11) is -1.68. The smallest absolute Gasteiger partial charge is 0.303 e. The minimum Gasteiger partial charge on any atom is -0.463 e. The van der Waals surface area contributed by atoms with E-state index in [1.54, 1.807) is 12.1 Å². The van der Waals surface area contributed by atoms with E-state index in [0.717, 1.165) is 38.2 Å². The van der Waals surface area contributed by atoms with Crippen molar-refractivity contribution in [2.45, 2.75) is 121 Å². The summed E-state index contributed by atoms with van der Waals surface area (Å²) in [5.41, 5.74) is 1.06. The molecular formula is C40H51NO16Si. The SMILES string of the molecule is CC(=O)OC[C@H]1O[C@@H](O[C@H]2[C@H](O)[C@@H](N3C(=O)c4ccccc4C3=O)[C@H](OCC[Si](C)(C)C)O[C@@H]2COCc2ccccc2)[C@H](OC(C)=O)[C@@H](OC(C)=O)[C@H]1OC(C)=O. The molecule has 0 bridgehead atoms. The van der Waals surface area contributed by atoms with E-state index >= 15 is 0 Å². The van der Waals surface area contributed by atoms with Crippen LogP contribution in [-0.2, 0) is 68.4 Å². The Bertz CT molecular complexity index is 1770. The average molecular weight is 830 g/mol. The molecule has 0 radical (unpaired) electrons. The molecule has 0 aromatic heterocycles. The highest BCUT2D eigenvalue weighted by Gasteiger charge is 2.58. The first kappa shape index (κ1) is 44.5. The molecule has 18 heteroatoms. The molecule has 1 N–H and O–H groups in total. The Morgan fingerprint density at radius 2 is 1.22 bits per heavy atom. The number of hydrogen-bond donors (Lipinski definition) is 1. The van der Waals surface area contributed by atoms with Crippen molar-refractivity contribution >= 4 is 43.8 Å². The van der Waals surface area contributed by atoms with Crippen LogP contribution in [0.4, 0.5) is 0 Å². The van der Waals surface area contributed by atoms with Gasteiger partial charge in [-0.05, 0) is 23.7 Å². The van der Waals surface area contributed by atoms with E-state index in [9.17, 15) is 33.9 Å². The predicted octanol–water partition coefficient (Wildman–Crippen LogP) is 2.78. The molecule has 2 saturated heterocycles. The fourth-order valence-corrected chi connectivity index (χ4v) is 7.63. The second-order valence-corrected chi connectivity index (χ2v) is 21.0. The van der Waals surface area contributed by atoms with Crippen LogP contribution in [0.25, 0.3) is 0 Å². The Morgan fingerprint density at radius 3 is 1.79 bits per heavy atom. The molecule has 0 saturated carbocycles. The van der Waals surface area contributed by atoms with Gasteiger partial charge in [-0.2, -0.15) is 0 Å². The van der Waals surface area contributed by atoms with E-state index in [4.69, 9.17) is 42.6 Å². The predicted molar refractivity (Wildman–Crippen MR) is 202 cm³/mol. The van der Waals surface area contributed by atoms with Gasteiger partial charge in [-0.15, -0.1) is 0 Å². The molecule has 2 amide bonds. The topological polar surface area (TPSA) is 209 Å². The number of fused-ring (bicyclic) bond motifs is 1. The number of amides is 2. The molecule has 10 atom stereocenters. The van der Waals surface area contributed by atoms with Crippen LogP contribution >= 0.6 is 0 Å². The van der Waals surface area contributed by atoms with Gasteiger partial charge in [0.1, 0.15) is 37.1 Å². The van der Waals surface area contributed by atoms with Crippen LogP contribution in [0.1, 0.15) is 54.0 Å². The highest BCUT2D eigenvalue weighted by atomic mass is 28.3. The molecule has 0 unspecified atom stereocenters. The first-order valence-electron chi connectivity index (χ1n) is 18.9. The number of imide groups is 1. The van der Waals surface area contributed by atoms with Gasteiger partial charge in [0.25, 0.3) is 11.8 Å². The van der Waals surface area contributed by atoms with Crippen molar-refractivity contribution in [2.24, 2.45) is 0 Å². The fourth-order valence-electron chi connectivity index (χ4n) is 6.90. The van der Waals surface area contributed by atoms with Crippen molar-refractivity contribution in [1.29, 1.82) is 0 Å². The summed E-state index contributed by atoms with van der Waals surface area (Å²) in [5, 5.41) is 12.5. The van der Waals surface area contributed by atoms with E-state index < -0.39 is 112 Å². The molecular weight excluding hydrogens is 779 g/mol. The number of hydrogen-bond acceptors (Lipinski definition) is 16. The summed E-state index contributed by atoms with van der Waals surface area (Å²) in [6.07, 6.45) is -13.7. The van der Waals surface area contributed by atoms with Crippen molar-refractivity contribution in [2.75, 3.05) is 19.8 Å². The number of benzene rings is 2. The lowest BCUT2D eigenvalue weighted by molar-refractivity contribution is -0.353. The Kier molecular flexibility index (Phi) is 14.9. The quantitative estimate of drug-likeness (QED) is 0.112. The van der Waals surface area contributed by atoms with Crippen molar-refractivity contribution in [3.05, 3.63) is 71.3 Å². The largest absolute Gasteiger partial charge is 0.463 e. The summed E-state index contributed by atoms with van der Waals surface area (Å²) in [6.45, 7) is 10.4. The maximum Gasteiger partial charge on any atom is 0.303 e. The average Bonchev–Trinajstić information content (AvgIpc) is 3.39. The molecule has 2 aromatic rings. The third-order valence-electron chi connectivity index (χ3n) is 9.53. The summed E-state index contributed by atoms with van der Waals surface area (Å²) < 4.78 is 53.4. The maximum atomic E-state index is 14.0. The van der Waals surface area contributed by atoms with Gasteiger partial charge >= 0.3 is 23.9 Å². The number of carbonyl (C=O) groups excluding carboxylic acids is 6. The lowest BCUT2D eigenvalue weighted by atomic mass is 9.94. The molecule has 0 spiro atoms. The highest BCUT2D eigenvalue weighted by molar-refractivity contribution is 6.76. The first-order chi connectivity index (χ1) is 27.4. The summed E-state index contributed by atoms with van der Waals surface area (Å²) >= 11 is 0. The normalized spacial score (nSPS) is 28.4. The number of aliphatic hydroxyl groups excluding tert-OH is 1. The van der Waals surface area contributed by atoms with Crippen molar-refractivity contribution in [3.63, 3.8) is 0 Å². The van der Waals surface area contributed by atoms with Gasteiger partial charge in [0.2, 0.25) is 0 Å². The van der Waals surface area contributed by atoms with E-state index in [1.807, 2.05) is 30.3 Å².